The maximum Gasteiger partial charge on any atom is 0.220 e. The molecule has 1 aliphatic rings. The van der Waals surface area contributed by atoms with Crippen LogP contribution in [0.1, 0.15) is 322 Å². The summed E-state index contributed by atoms with van der Waals surface area (Å²) in [6.07, 6.45) is 51.6. The summed E-state index contributed by atoms with van der Waals surface area (Å²) < 4.78 is 11.2. The lowest BCUT2D eigenvalue weighted by molar-refractivity contribution is -0.303. The molecule has 7 N–H and O–H groups in total. The van der Waals surface area contributed by atoms with Crippen molar-refractivity contribution in [2.75, 3.05) is 13.2 Å². The number of nitrogens with one attached hydrogen (secondary N) is 1. The first-order chi connectivity index (χ1) is 34.8. The molecule has 1 saturated heterocycles. The highest BCUT2D eigenvalue weighted by Gasteiger charge is 2.44. The number of ether oxygens (including phenoxy) is 2. The molecule has 1 rings (SSSR count). The van der Waals surface area contributed by atoms with E-state index in [0.717, 1.165) is 38.5 Å². The van der Waals surface area contributed by atoms with Crippen molar-refractivity contribution in [3.05, 3.63) is 0 Å². The monoisotopic (exact) mass is 1010 g/mol. The first-order valence-corrected chi connectivity index (χ1v) is 31.3. The maximum atomic E-state index is 13.1. The van der Waals surface area contributed by atoms with Gasteiger partial charge in [0.05, 0.1) is 25.4 Å². The molecule has 71 heavy (non-hydrogen) atoms. The summed E-state index contributed by atoms with van der Waals surface area (Å²) in [5.74, 6) is -0.250. The van der Waals surface area contributed by atoms with Gasteiger partial charge in [-0.1, -0.05) is 303 Å². The van der Waals surface area contributed by atoms with Gasteiger partial charge in [-0.2, -0.15) is 0 Å². The van der Waals surface area contributed by atoms with Gasteiger partial charge in [0.2, 0.25) is 5.91 Å². The highest BCUT2D eigenvalue weighted by molar-refractivity contribution is 5.76. The molecule has 0 aliphatic carbocycles. The lowest BCUT2D eigenvalue weighted by atomic mass is 9.98. The van der Waals surface area contributed by atoms with Crippen molar-refractivity contribution >= 4 is 5.91 Å². The van der Waals surface area contributed by atoms with E-state index in [2.05, 4.69) is 19.2 Å². The van der Waals surface area contributed by atoms with Crippen LogP contribution in [0.4, 0.5) is 0 Å². The maximum absolute atomic E-state index is 13.1. The molecular weight excluding hydrogens is 891 g/mol. The quantitative estimate of drug-likeness (QED) is 0.0293. The van der Waals surface area contributed by atoms with Gasteiger partial charge in [-0.15, -0.1) is 0 Å². The van der Waals surface area contributed by atoms with Gasteiger partial charge in [0.25, 0.3) is 0 Å². The summed E-state index contributed by atoms with van der Waals surface area (Å²) in [6.45, 7) is 3.65. The average Bonchev–Trinajstić information content (AvgIpc) is 3.37. The molecule has 10 heteroatoms. The summed E-state index contributed by atoms with van der Waals surface area (Å²) in [5.41, 5.74) is 0. The van der Waals surface area contributed by atoms with Crippen molar-refractivity contribution in [2.24, 2.45) is 0 Å². The van der Waals surface area contributed by atoms with Gasteiger partial charge < -0.3 is 45.4 Å². The van der Waals surface area contributed by atoms with E-state index >= 15 is 0 Å². The van der Waals surface area contributed by atoms with Gasteiger partial charge in [0.1, 0.15) is 30.5 Å². The molecule has 0 radical (unpaired) electrons. The third-order valence-corrected chi connectivity index (χ3v) is 15.6. The zero-order chi connectivity index (χ0) is 51.7. The smallest absolute Gasteiger partial charge is 0.220 e. The van der Waals surface area contributed by atoms with Crippen LogP contribution in [-0.2, 0) is 14.3 Å². The molecule has 1 heterocycles. The van der Waals surface area contributed by atoms with Crippen LogP contribution in [0.2, 0.25) is 0 Å². The van der Waals surface area contributed by atoms with Gasteiger partial charge in [-0.3, -0.25) is 4.79 Å². The Balaban J connectivity index is 2.10. The van der Waals surface area contributed by atoms with E-state index in [4.69, 9.17) is 9.47 Å². The molecule has 0 aromatic rings. The number of hydrogen-bond acceptors (Lipinski definition) is 9. The second-order valence-electron chi connectivity index (χ2n) is 22.4. The molecule has 8 atom stereocenters. The first-order valence-electron chi connectivity index (χ1n) is 31.3. The molecule has 0 bridgehead atoms. The normalized spacial score (nSPS) is 19.6. The van der Waals surface area contributed by atoms with E-state index in [9.17, 15) is 35.4 Å². The molecule has 0 aromatic carbocycles. The molecule has 2 unspecified atom stereocenters. The van der Waals surface area contributed by atoms with Crippen LogP contribution in [0, 0.1) is 0 Å². The number of aliphatic hydroxyl groups is 6. The Hall–Kier alpha value is -0.850. The first kappa shape index (κ1) is 68.2. The second kappa shape index (κ2) is 51.3. The van der Waals surface area contributed by atoms with Crippen molar-refractivity contribution in [3.63, 3.8) is 0 Å². The predicted molar refractivity (Wildman–Crippen MR) is 297 cm³/mol. The zero-order valence-corrected chi connectivity index (χ0v) is 46.9. The Morgan fingerprint density at radius 2 is 0.732 bits per heavy atom. The Morgan fingerprint density at radius 1 is 0.437 bits per heavy atom. The van der Waals surface area contributed by atoms with Gasteiger partial charge in [-0.25, -0.2) is 0 Å². The Morgan fingerprint density at radius 3 is 1.04 bits per heavy atom. The summed E-state index contributed by atoms with van der Waals surface area (Å²) >= 11 is 0. The van der Waals surface area contributed by atoms with Crippen molar-refractivity contribution in [2.45, 2.75) is 371 Å². The fraction of sp³-hybridized carbons (Fsp3) is 0.984. The van der Waals surface area contributed by atoms with E-state index in [1.807, 2.05) is 0 Å². The molecule has 1 aliphatic heterocycles. The second-order valence-corrected chi connectivity index (χ2v) is 22.4. The van der Waals surface area contributed by atoms with Crippen LogP contribution in [0.25, 0.3) is 0 Å². The molecule has 0 spiro atoms. The van der Waals surface area contributed by atoms with Crippen LogP contribution in [-0.4, -0.2) is 98.7 Å². The highest BCUT2D eigenvalue weighted by Crippen LogP contribution is 2.24. The minimum absolute atomic E-state index is 0.250. The molecule has 424 valence electrons. The number of aliphatic hydroxyl groups excluding tert-OH is 6. The zero-order valence-electron chi connectivity index (χ0n) is 46.9. The van der Waals surface area contributed by atoms with Gasteiger partial charge in [0, 0.05) is 6.42 Å². The Kier molecular flexibility index (Phi) is 49.2. The average molecular weight is 1010 g/mol. The number of unbranched alkanes of at least 4 members (excludes halogenated alkanes) is 44. The van der Waals surface area contributed by atoms with Gasteiger partial charge >= 0.3 is 0 Å². The molecule has 1 amide bonds. The minimum Gasteiger partial charge on any atom is -0.394 e. The summed E-state index contributed by atoms with van der Waals surface area (Å²) in [4.78, 5) is 13.1. The number of carbonyl (C=O) groups is 1. The predicted octanol–water partition coefficient (Wildman–Crippen LogP) is 14.8. The molecule has 10 nitrogen and oxygen atoms in total. The molecule has 0 saturated carbocycles. The van der Waals surface area contributed by atoms with E-state index in [1.165, 1.54) is 257 Å². The highest BCUT2D eigenvalue weighted by atomic mass is 16.7. The number of rotatable bonds is 55. The Labute approximate surface area is 438 Å². The lowest BCUT2D eigenvalue weighted by Crippen LogP contribution is -2.60. The van der Waals surface area contributed by atoms with E-state index in [1.54, 1.807) is 0 Å². The molecular formula is C61H121NO9. The largest absolute Gasteiger partial charge is 0.394 e. The van der Waals surface area contributed by atoms with E-state index in [0.29, 0.717) is 6.42 Å². The number of carbonyl (C=O) groups excluding carboxylic acids is 1. The van der Waals surface area contributed by atoms with Crippen LogP contribution >= 0.6 is 0 Å². The van der Waals surface area contributed by atoms with Crippen molar-refractivity contribution in [1.29, 1.82) is 0 Å². The van der Waals surface area contributed by atoms with Crippen LogP contribution in [0.5, 0.6) is 0 Å². The number of hydrogen-bond donors (Lipinski definition) is 7. The summed E-state index contributed by atoms with van der Waals surface area (Å²) in [6, 6.07) is -0.986. The van der Waals surface area contributed by atoms with Crippen LogP contribution in [0.3, 0.4) is 0 Å². The van der Waals surface area contributed by atoms with Crippen LogP contribution < -0.4 is 5.32 Å². The fourth-order valence-corrected chi connectivity index (χ4v) is 10.6. The van der Waals surface area contributed by atoms with Gasteiger partial charge in [-0.05, 0) is 12.8 Å². The topological polar surface area (TPSA) is 169 Å². The van der Waals surface area contributed by atoms with E-state index < -0.39 is 55.6 Å². The van der Waals surface area contributed by atoms with Crippen molar-refractivity contribution in [3.8, 4) is 0 Å². The lowest BCUT2D eigenvalue weighted by Gasteiger charge is -2.40. The number of amides is 1. The van der Waals surface area contributed by atoms with Crippen molar-refractivity contribution < 1.29 is 44.9 Å². The van der Waals surface area contributed by atoms with E-state index in [-0.39, 0.29) is 18.9 Å². The molecule has 0 aromatic heterocycles. The standard InChI is InChI=1S/C61H121NO9/c1-3-5-7-9-11-13-15-17-18-19-20-21-22-23-24-25-26-27-28-29-30-31-32-33-34-35-36-38-40-42-44-46-48-50-56(65)62-53(52-70-61-60(69)59(68)58(67)55(51-63)71-61)57(66)54(64)49-47-45-43-41-39-37-16-14-12-10-8-6-4-2/h53-55,57-61,63-64,66-69H,3-52H2,1-2H3,(H,62,65)/t53-,54+,55+,57-,58-,59?,60?,61+/m0/s1. The Bertz CT molecular complexity index is 1100. The molecule has 1 fully saturated rings. The van der Waals surface area contributed by atoms with Crippen molar-refractivity contribution in [1.82, 2.24) is 5.32 Å². The summed E-state index contributed by atoms with van der Waals surface area (Å²) in [7, 11) is 0. The third kappa shape index (κ3) is 40.1. The fourth-order valence-electron chi connectivity index (χ4n) is 10.6. The summed E-state index contributed by atoms with van der Waals surface area (Å²) in [5, 5.41) is 65.5. The SMILES string of the molecule is CCCCCCCCCCCCCCCCCCCCCCCCCCCCCCCCCCCC(=O)N[C@@H](CO[C@@H]1O[C@H](CO)[C@H](O)C(O)C1O)[C@H](O)[C@H](O)CCCCCCCCCCCCCCC. The minimum atomic E-state index is -1.60. The third-order valence-electron chi connectivity index (χ3n) is 15.6. The van der Waals surface area contributed by atoms with Gasteiger partial charge in [0.15, 0.2) is 6.29 Å². The van der Waals surface area contributed by atoms with Crippen LogP contribution in [0.15, 0.2) is 0 Å².